The Morgan fingerprint density at radius 1 is 1.35 bits per heavy atom. The number of hydrogen-bond donors (Lipinski definition) is 3. The molecule has 9 nitrogen and oxygen atoms in total. The van der Waals surface area contributed by atoms with Gasteiger partial charge in [0.1, 0.15) is 11.9 Å². The number of carbonyl (C=O) groups is 1. The smallest absolute Gasteiger partial charge is 0.257 e. The van der Waals surface area contributed by atoms with Crippen LogP contribution < -0.4 is 10.9 Å². The molecule has 148 valence electrons. The Labute approximate surface area is 154 Å². The average molecular weight is 369 g/mol. The van der Waals surface area contributed by atoms with Crippen LogP contribution in [0.2, 0.25) is 0 Å². The number of hydrogen-bond acceptors (Lipinski definition) is 7. The van der Waals surface area contributed by atoms with Crippen LogP contribution in [0.1, 0.15) is 12.7 Å². The maximum absolute atomic E-state index is 12.2. The lowest BCUT2D eigenvalue weighted by atomic mass is 9.93. The number of aliphatic hydroxyl groups excluding tert-OH is 1. The van der Waals surface area contributed by atoms with Crippen LogP contribution in [0.4, 0.5) is 0 Å². The Hall–Kier alpha value is -1.97. The van der Waals surface area contributed by atoms with Gasteiger partial charge >= 0.3 is 0 Å². The van der Waals surface area contributed by atoms with E-state index in [-0.39, 0.29) is 29.7 Å². The maximum Gasteiger partial charge on any atom is 0.257 e. The van der Waals surface area contributed by atoms with Crippen molar-refractivity contribution < 1.29 is 15.0 Å². The van der Waals surface area contributed by atoms with Gasteiger partial charge in [0.2, 0.25) is 11.8 Å². The number of rotatable bonds is 9. The predicted octanol–water partition coefficient (Wildman–Crippen LogP) is -1.27. The van der Waals surface area contributed by atoms with Crippen molar-refractivity contribution >= 4 is 5.91 Å². The van der Waals surface area contributed by atoms with Gasteiger partial charge in [0.25, 0.3) is 5.56 Å². The minimum absolute atomic E-state index is 0.250. The number of likely N-dealkylation sites (N-methyl/N-ethyl adjacent to an activating group) is 3. The lowest BCUT2D eigenvalue weighted by molar-refractivity contribution is -0.130. The van der Waals surface area contributed by atoms with Crippen molar-refractivity contribution in [3.63, 3.8) is 0 Å². The summed E-state index contributed by atoms with van der Waals surface area (Å²) in [5.74, 6) is -0.608. The molecule has 0 aliphatic rings. The van der Waals surface area contributed by atoms with E-state index in [0.717, 1.165) is 6.07 Å². The van der Waals surface area contributed by atoms with E-state index in [1.165, 1.54) is 11.6 Å². The molecule has 3 atom stereocenters. The van der Waals surface area contributed by atoms with Crippen LogP contribution >= 0.6 is 0 Å². The van der Waals surface area contributed by atoms with Crippen molar-refractivity contribution in [1.82, 2.24) is 24.7 Å². The van der Waals surface area contributed by atoms with E-state index in [2.05, 4.69) is 10.3 Å². The van der Waals surface area contributed by atoms with Crippen LogP contribution in [0.15, 0.2) is 10.9 Å². The highest BCUT2D eigenvalue weighted by molar-refractivity contribution is 5.82. The molecule has 1 rings (SSSR count). The summed E-state index contributed by atoms with van der Waals surface area (Å²) in [6.07, 6.45) is -0.717. The second kappa shape index (κ2) is 9.65. The standard InChI is InChI=1S/C17H31N5O4/c1-11(16(25)15(21(5)6)17(26)18-2)9-12-19-13(23)10-14(24)22(12)8-7-20(3)4/h10-11,15-16,23,25H,7-9H2,1-6H3,(H,18,26)/t11-,15-,16-/m1/s1. The molecule has 0 spiro atoms. The fraction of sp³-hybridized carbons (Fsp3) is 0.706. The third kappa shape index (κ3) is 5.79. The van der Waals surface area contributed by atoms with Gasteiger partial charge in [-0.2, -0.15) is 0 Å². The first-order valence-corrected chi connectivity index (χ1v) is 8.59. The normalized spacial score (nSPS) is 15.1. The fourth-order valence-corrected chi connectivity index (χ4v) is 2.80. The summed E-state index contributed by atoms with van der Waals surface area (Å²) in [4.78, 5) is 32.0. The van der Waals surface area contributed by atoms with Crippen molar-refractivity contribution in [2.24, 2.45) is 5.92 Å². The third-order valence-corrected chi connectivity index (χ3v) is 4.33. The Kier molecular flexibility index (Phi) is 8.19. The molecule has 1 aromatic heterocycles. The molecule has 0 aliphatic heterocycles. The Bertz CT molecular complexity index is 659. The van der Waals surface area contributed by atoms with Crippen LogP contribution in [0.5, 0.6) is 5.88 Å². The summed E-state index contributed by atoms with van der Waals surface area (Å²) >= 11 is 0. The Morgan fingerprint density at radius 2 is 1.96 bits per heavy atom. The largest absolute Gasteiger partial charge is 0.493 e. The van der Waals surface area contributed by atoms with Crippen molar-refractivity contribution in [3.8, 4) is 5.88 Å². The van der Waals surface area contributed by atoms with Crippen LogP contribution in [0.25, 0.3) is 0 Å². The second-order valence-corrected chi connectivity index (χ2v) is 7.02. The van der Waals surface area contributed by atoms with E-state index in [1.54, 1.807) is 25.9 Å². The minimum Gasteiger partial charge on any atom is -0.493 e. The van der Waals surface area contributed by atoms with Crippen LogP contribution in [-0.2, 0) is 17.8 Å². The molecular formula is C17H31N5O4. The van der Waals surface area contributed by atoms with Gasteiger partial charge < -0.3 is 20.4 Å². The molecule has 26 heavy (non-hydrogen) atoms. The highest BCUT2D eigenvalue weighted by Gasteiger charge is 2.32. The zero-order valence-corrected chi connectivity index (χ0v) is 16.4. The first kappa shape index (κ1) is 22.1. The first-order valence-electron chi connectivity index (χ1n) is 8.59. The molecular weight excluding hydrogens is 338 g/mol. The van der Waals surface area contributed by atoms with Crippen LogP contribution in [0.3, 0.4) is 0 Å². The molecule has 0 unspecified atom stereocenters. The van der Waals surface area contributed by atoms with Gasteiger partial charge in [0, 0.05) is 26.6 Å². The summed E-state index contributed by atoms with van der Waals surface area (Å²) in [5, 5.41) is 22.9. The number of aromatic hydroxyl groups is 1. The van der Waals surface area contributed by atoms with Gasteiger partial charge in [-0.15, -0.1) is 0 Å². The van der Waals surface area contributed by atoms with E-state index < -0.39 is 12.1 Å². The molecule has 0 bridgehead atoms. The molecule has 1 amide bonds. The molecule has 0 radical (unpaired) electrons. The molecule has 1 heterocycles. The molecule has 1 aromatic rings. The number of carbonyl (C=O) groups excluding carboxylic acids is 1. The van der Waals surface area contributed by atoms with Crippen LogP contribution in [0, 0.1) is 5.92 Å². The monoisotopic (exact) mass is 369 g/mol. The van der Waals surface area contributed by atoms with Crippen molar-refractivity contribution in [3.05, 3.63) is 22.2 Å². The molecule has 0 saturated heterocycles. The van der Waals surface area contributed by atoms with Gasteiger partial charge in [-0.05, 0) is 34.1 Å². The number of nitrogens with zero attached hydrogens (tertiary/aromatic N) is 4. The number of nitrogens with one attached hydrogen (secondary N) is 1. The maximum atomic E-state index is 12.2. The zero-order valence-electron chi connectivity index (χ0n) is 16.4. The second-order valence-electron chi connectivity index (χ2n) is 7.02. The van der Waals surface area contributed by atoms with Gasteiger partial charge in [-0.1, -0.05) is 6.92 Å². The van der Waals surface area contributed by atoms with Crippen LogP contribution in [-0.4, -0.2) is 89.4 Å². The molecule has 3 N–H and O–H groups in total. The molecule has 0 aromatic carbocycles. The zero-order chi connectivity index (χ0) is 20.0. The third-order valence-electron chi connectivity index (χ3n) is 4.33. The van der Waals surface area contributed by atoms with E-state index >= 15 is 0 Å². The van der Waals surface area contributed by atoms with Gasteiger partial charge in [-0.25, -0.2) is 4.98 Å². The minimum atomic E-state index is -0.966. The summed E-state index contributed by atoms with van der Waals surface area (Å²) in [5.41, 5.74) is -0.341. The van der Waals surface area contributed by atoms with E-state index in [4.69, 9.17) is 0 Å². The SMILES string of the molecule is CNC(=O)[C@@H]([C@H](O)[C@H](C)Cc1nc(O)cc(=O)n1CCN(C)C)N(C)C. The number of aliphatic hydroxyl groups is 1. The number of amides is 1. The summed E-state index contributed by atoms with van der Waals surface area (Å²) in [6, 6.07) is 0.349. The Balaban J connectivity index is 3.08. The summed E-state index contributed by atoms with van der Waals surface area (Å²) in [7, 11) is 8.75. The van der Waals surface area contributed by atoms with Gasteiger partial charge in [0.05, 0.1) is 12.2 Å². The fourth-order valence-electron chi connectivity index (χ4n) is 2.80. The van der Waals surface area contributed by atoms with E-state index in [1.807, 2.05) is 19.0 Å². The lowest BCUT2D eigenvalue weighted by Gasteiger charge is -2.31. The quantitative estimate of drug-likeness (QED) is 0.497. The highest BCUT2D eigenvalue weighted by atomic mass is 16.3. The van der Waals surface area contributed by atoms with E-state index in [9.17, 15) is 19.8 Å². The molecule has 0 fully saturated rings. The molecule has 9 heteroatoms. The number of aromatic nitrogens is 2. The lowest BCUT2D eigenvalue weighted by Crippen LogP contribution is -2.52. The molecule has 0 saturated carbocycles. The molecule has 0 aliphatic carbocycles. The summed E-state index contributed by atoms with van der Waals surface area (Å²) in [6.45, 7) is 2.84. The average Bonchev–Trinajstić information content (AvgIpc) is 2.52. The topological polar surface area (TPSA) is 111 Å². The van der Waals surface area contributed by atoms with Crippen molar-refractivity contribution in [1.29, 1.82) is 0 Å². The van der Waals surface area contributed by atoms with Crippen molar-refractivity contribution in [2.75, 3.05) is 41.8 Å². The summed E-state index contributed by atoms with van der Waals surface area (Å²) < 4.78 is 1.49. The Morgan fingerprint density at radius 3 is 2.46 bits per heavy atom. The highest BCUT2D eigenvalue weighted by Crippen LogP contribution is 2.17. The van der Waals surface area contributed by atoms with Gasteiger partial charge in [0.15, 0.2) is 0 Å². The van der Waals surface area contributed by atoms with Crippen molar-refractivity contribution in [2.45, 2.75) is 32.0 Å². The predicted molar refractivity (Wildman–Crippen MR) is 99.1 cm³/mol. The van der Waals surface area contributed by atoms with Gasteiger partial charge in [-0.3, -0.25) is 19.1 Å². The van der Waals surface area contributed by atoms with E-state index in [0.29, 0.717) is 18.9 Å². The first-order chi connectivity index (χ1) is 12.1.